The second-order valence-electron chi connectivity index (χ2n) is 9.17. The van der Waals surface area contributed by atoms with Gasteiger partial charge in [0, 0.05) is 57.0 Å². The first kappa shape index (κ1) is 22.5. The topological polar surface area (TPSA) is 66.4 Å². The Bertz CT molecular complexity index is 975. The van der Waals surface area contributed by atoms with Crippen LogP contribution in [-0.2, 0) is 17.8 Å². The van der Waals surface area contributed by atoms with Crippen molar-refractivity contribution in [1.29, 1.82) is 0 Å². The number of nitrogens with zero attached hydrogens (tertiary/aromatic N) is 4. The Balaban J connectivity index is 1.42. The number of benzene rings is 1. The van der Waals surface area contributed by atoms with Gasteiger partial charge in [-0.15, -0.1) is 0 Å². The molecule has 32 heavy (non-hydrogen) atoms. The molecule has 0 unspecified atom stereocenters. The van der Waals surface area contributed by atoms with Crippen molar-refractivity contribution in [2.45, 2.75) is 58.5 Å². The minimum absolute atomic E-state index is 0.115. The summed E-state index contributed by atoms with van der Waals surface area (Å²) >= 11 is 0. The molecule has 0 spiro atoms. The summed E-state index contributed by atoms with van der Waals surface area (Å²) in [4.78, 5) is 37.5. The van der Waals surface area contributed by atoms with Crippen molar-refractivity contribution < 1.29 is 14.0 Å². The number of ketones is 1. The number of Topliss-reactive ketones (excluding diaryl/α,β-unsaturated/α-hetero) is 1. The number of carbonyl (C=O) groups is 2. The average molecular weight is 439 g/mol. The standard InChI is InChI=1S/C25H31FN4O2/c1-17-14-29(7-8-30(17)25(32)19-5-3-4-6-19)15-21-10-23(26)9-20(18(21)2)11-24(31)22-12-27-16-28-13-22/h9-10,12-13,16-17,19H,3-8,11,14-15H2,1-2H3/t17-/m0/s1. The van der Waals surface area contributed by atoms with Crippen molar-refractivity contribution in [3.05, 3.63) is 58.9 Å². The highest BCUT2D eigenvalue weighted by molar-refractivity contribution is 5.97. The van der Waals surface area contributed by atoms with Crippen molar-refractivity contribution in [1.82, 2.24) is 19.8 Å². The normalized spacial score (nSPS) is 20.0. The number of amides is 1. The summed E-state index contributed by atoms with van der Waals surface area (Å²) in [6.07, 6.45) is 8.82. The van der Waals surface area contributed by atoms with Crippen LogP contribution in [0, 0.1) is 18.7 Å². The van der Waals surface area contributed by atoms with Crippen LogP contribution in [0.3, 0.4) is 0 Å². The van der Waals surface area contributed by atoms with E-state index in [1.165, 1.54) is 24.8 Å². The van der Waals surface area contributed by atoms with E-state index in [0.717, 1.165) is 49.9 Å². The van der Waals surface area contributed by atoms with E-state index >= 15 is 0 Å². The Morgan fingerprint density at radius 3 is 2.47 bits per heavy atom. The molecule has 1 aliphatic heterocycles. The number of aromatic nitrogens is 2. The molecule has 1 atom stereocenters. The lowest BCUT2D eigenvalue weighted by atomic mass is 9.96. The Hall–Kier alpha value is -2.67. The minimum atomic E-state index is -0.333. The molecule has 0 bridgehead atoms. The third kappa shape index (κ3) is 5.04. The predicted molar refractivity (Wildman–Crippen MR) is 120 cm³/mol. The van der Waals surface area contributed by atoms with Gasteiger partial charge in [0.15, 0.2) is 5.78 Å². The van der Waals surface area contributed by atoms with Crippen LogP contribution < -0.4 is 0 Å². The predicted octanol–water partition coefficient (Wildman–Crippen LogP) is 3.57. The molecule has 6 nitrogen and oxygen atoms in total. The van der Waals surface area contributed by atoms with E-state index in [4.69, 9.17) is 0 Å². The molecule has 1 saturated heterocycles. The van der Waals surface area contributed by atoms with Crippen molar-refractivity contribution in [2.75, 3.05) is 19.6 Å². The maximum atomic E-state index is 14.4. The fourth-order valence-corrected chi connectivity index (χ4v) is 5.02. The van der Waals surface area contributed by atoms with Gasteiger partial charge in [-0.05, 0) is 55.5 Å². The first-order chi connectivity index (χ1) is 15.4. The maximum Gasteiger partial charge on any atom is 0.226 e. The van der Waals surface area contributed by atoms with E-state index in [1.54, 1.807) is 6.07 Å². The Morgan fingerprint density at radius 2 is 1.78 bits per heavy atom. The summed E-state index contributed by atoms with van der Waals surface area (Å²) in [5.41, 5.74) is 2.94. The SMILES string of the molecule is Cc1c(CC(=O)c2cncnc2)cc(F)cc1CN1CCN(C(=O)C2CCCC2)[C@@H](C)C1. The molecular formula is C25H31FN4O2. The molecule has 2 heterocycles. The smallest absolute Gasteiger partial charge is 0.226 e. The Morgan fingerprint density at radius 1 is 1.09 bits per heavy atom. The molecule has 1 aliphatic carbocycles. The quantitative estimate of drug-likeness (QED) is 0.645. The summed E-state index contributed by atoms with van der Waals surface area (Å²) in [6.45, 7) is 6.91. The molecule has 4 rings (SSSR count). The van der Waals surface area contributed by atoms with Crippen LogP contribution in [0.1, 0.15) is 59.7 Å². The Kier molecular flexibility index (Phi) is 6.94. The van der Waals surface area contributed by atoms with Gasteiger partial charge < -0.3 is 4.90 Å². The van der Waals surface area contributed by atoms with Gasteiger partial charge >= 0.3 is 0 Å². The number of hydrogen-bond donors (Lipinski definition) is 0. The van der Waals surface area contributed by atoms with E-state index in [-0.39, 0.29) is 30.0 Å². The second kappa shape index (κ2) is 9.86. The average Bonchev–Trinajstić information content (AvgIpc) is 3.32. The monoisotopic (exact) mass is 438 g/mol. The molecule has 0 radical (unpaired) electrons. The first-order valence-electron chi connectivity index (χ1n) is 11.5. The highest BCUT2D eigenvalue weighted by atomic mass is 19.1. The van der Waals surface area contributed by atoms with Crippen LogP contribution in [0.5, 0.6) is 0 Å². The molecule has 170 valence electrons. The summed E-state index contributed by atoms with van der Waals surface area (Å²) in [6, 6.07) is 3.15. The van der Waals surface area contributed by atoms with Crippen molar-refractivity contribution in [3.63, 3.8) is 0 Å². The molecule has 0 N–H and O–H groups in total. The molecule has 2 aromatic rings. The van der Waals surface area contributed by atoms with E-state index < -0.39 is 0 Å². The van der Waals surface area contributed by atoms with E-state index in [0.29, 0.717) is 30.1 Å². The number of hydrogen-bond acceptors (Lipinski definition) is 5. The zero-order valence-electron chi connectivity index (χ0n) is 18.9. The molecule has 2 aliphatic rings. The van der Waals surface area contributed by atoms with Gasteiger partial charge in [0.25, 0.3) is 0 Å². The molecule has 1 aromatic heterocycles. The number of carbonyl (C=O) groups excluding carboxylic acids is 2. The lowest BCUT2D eigenvalue weighted by Crippen LogP contribution is -2.54. The summed E-state index contributed by atoms with van der Waals surface area (Å²) in [5, 5.41) is 0. The molecule has 7 heteroatoms. The van der Waals surface area contributed by atoms with Gasteiger partial charge in [0.05, 0.1) is 5.56 Å². The van der Waals surface area contributed by atoms with Crippen LogP contribution in [0.25, 0.3) is 0 Å². The Labute approximate surface area is 188 Å². The minimum Gasteiger partial charge on any atom is -0.337 e. The van der Waals surface area contributed by atoms with Crippen LogP contribution in [0.2, 0.25) is 0 Å². The lowest BCUT2D eigenvalue weighted by Gasteiger charge is -2.41. The first-order valence-corrected chi connectivity index (χ1v) is 11.5. The highest BCUT2D eigenvalue weighted by Crippen LogP contribution is 2.28. The number of halogens is 1. The number of rotatable bonds is 6. The zero-order chi connectivity index (χ0) is 22.7. The van der Waals surface area contributed by atoms with E-state index in [2.05, 4.69) is 21.8 Å². The zero-order valence-corrected chi connectivity index (χ0v) is 18.9. The van der Waals surface area contributed by atoms with Crippen molar-refractivity contribution >= 4 is 11.7 Å². The lowest BCUT2D eigenvalue weighted by molar-refractivity contribution is -0.140. The van der Waals surface area contributed by atoms with Crippen LogP contribution >= 0.6 is 0 Å². The van der Waals surface area contributed by atoms with Crippen molar-refractivity contribution in [3.8, 4) is 0 Å². The third-order valence-corrected chi connectivity index (χ3v) is 6.91. The summed E-state index contributed by atoms with van der Waals surface area (Å²) in [5.74, 6) is 0.0468. The van der Waals surface area contributed by atoms with Gasteiger partial charge in [0.2, 0.25) is 5.91 Å². The molecule has 1 saturated carbocycles. The fraction of sp³-hybridized carbons (Fsp3) is 0.520. The van der Waals surface area contributed by atoms with E-state index in [1.807, 2.05) is 11.8 Å². The molecule has 2 fully saturated rings. The van der Waals surface area contributed by atoms with Crippen LogP contribution in [0.15, 0.2) is 30.9 Å². The third-order valence-electron chi connectivity index (χ3n) is 6.91. The van der Waals surface area contributed by atoms with Crippen LogP contribution in [0.4, 0.5) is 4.39 Å². The van der Waals surface area contributed by atoms with Gasteiger partial charge in [-0.25, -0.2) is 14.4 Å². The molecule has 1 aromatic carbocycles. The molecular weight excluding hydrogens is 407 g/mol. The summed E-state index contributed by atoms with van der Waals surface area (Å²) in [7, 11) is 0. The van der Waals surface area contributed by atoms with Gasteiger partial charge in [-0.2, -0.15) is 0 Å². The van der Waals surface area contributed by atoms with E-state index in [9.17, 15) is 14.0 Å². The van der Waals surface area contributed by atoms with Gasteiger partial charge in [-0.3, -0.25) is 14.5 Å². The fourth-order valence-electron chi connectivity index (χ4n) is 5.02. The van der Waals surface area contributed by atoms with Crippen molar-refractivity contribution in [2.24, 2.45) is 5.92 Å². The van der Waals surface area contributed by atoms with Gasteiger partial charge in [0.1, 0.15) is 12.1 Å². The number of piperazine rings is 1. The second-order valence-corrected chi connectivity index (χ2v) is 9.17. The van der Waals surface area contributed by atoms with Gasteiger partial charge in [-0.1, -0.05) is 12.8 Å². The van der Waals surface area contributed by atoms with Crippen LogP contribution in [-0.4, -0.2) is 57.1 Å². The highest BCUT2D eigenvalue weighted by Gasteiger charge is 2.33. The summed E-state index contributed by atoms with van der Waals surface area (Å²) < 4.78 is 14.4. The molecule has 1 amide bonds. The maximum absolute atomic E-state index is 14.4. The largest absolute Gasteiger partial charge is 0.337 e.